The van der Waals surface area contributed by atoms with E-state index in [1.165, 1.54) is 20.0 Å². The fourth-order valence-corrected chi connectivity index (χ4v) is 4.32. The first kappa shape index (κ1) is 22.3. The van der Waals surface area contributed by atoms with Crippen LogP contribution in [-0.2, 0) is 11.3 Å². The van der Waals surface area contributed by atoms with E-state index in [2.05, 4.69) is 15.1 Å². The SMILES string of the molecule is Cc1[nH]c(=O)ccc1-c1c(-c2ccccc2)nc(N)n2c(=O)n(C[C@@H]3CN(C(=O)O)CCO3)nc12. The number of amides is 1. The molecule has 1 saturated heterocycles. The zero-order valence-corrected chi connectivity index (χ0v) is 18.8. The molecule has 0 radical (unpaired) electrons. The largest absolute Gasteiger partial charge is 0.465 e. The van der Waals surface area contributed by atoms with E-state index >= 15 is 0 Å². The van der Waals surface area contributed by atoms with Crippen molar-refractivity contribution in [1.29, 1.82) is 0 Å². The number of hydrogen-bond acceptors (Lipinski definition) is 7. The van der Waals surface area contributed by atoms with Gasteiger partial charge in [0, 0.05) is 29.4 Å². The number of aryl methyl sites for hydroxylation is 1. The van der Waals surface area contributed by atoms with E-state index in [0.717, 1.165) is 5.56 Å². The van der Waals surface area contributed by atoms with E-state index in [9.17, 15) is 19.5 Å². The fraction of sp³-hybridized carbons (Fsp3) is 0.261. The standard InChI is InChI=1S/C23H23N7O5/c1-13-16(7-8-17(31)25-13)18-19(14-5-3-2-4-6-14)26-21(24)30-20(18)27-29(22(30)32)12-15-11-28(23(33)34)9-10-35-15/h2-8,15H,9-12H2,1H3,(H2,24,26)(H,25,31)(H,33,34)/t15-/m0/s1. The van der Waals surface area contributed by atoms with Gasteiger partial charge in [-0.15, -0.1) is 5.10 Å². The van der Waals surface area contributed by atoms with Crippen LogP contribution in [0.3, 0.4) is 0 Å². The number of carbonyl (C=O) groups is 1. The molecule has 0 saturated carbocycles. The van der Waals surface area contributed by atoms with Crippen molar-refractivity contribution in [2.75, 3.05) is 25.4 Å². The third kappa shape index (κ3) is 4.04. The van der Waals surface area contributed by atoms with Gasteiger partial charge in [-0.2, -0.15) is 0 Å². The zero-order valence-electron chi connectivity index (χ0n) is 18.8. The number of nitrogen functional groups attached to an aromatic ring is 1. The van der Waals surface area contributed by atoms with Crippen LogP contribution in [-0.4, -0.2) is 66.0 Å². The molecule has 0 bridgehead atoms. The Kier molecular flexibility index (Phi) is 5.57. The van der Waals surface area contributed by atoms with Crippen LogP contribution >= 0.6 is 0 Å². The number of nitrogens with zero attached hydrogens (tertiary/aromatic N) is 5. The number of fused-ring (bicyclic) bond motifs is 1. The number of hydrogen-bond donors (Lipinski definition) is 3. The number of rotatable bonds is 4. The van der Waals surface area contributed by atoms with Gasteiger partial charge in [-0.1, -0.05) is 30.3 Å². The molecule has 0 unspecified atom stereocenters. The molecule has 12 heteroatoms. The number of nitrogens with two attached hydrogens (primary N) is 1. The van der Waals surface area contributed by atoms with Crippen LogP contribution in [0.2, 0.25) is 0 Å². The molecule has 1 aromatic carbocycles. The Morgan fingerprint density at radius 2 is 2.00 bits per heavy atom. The Bertz CT molecular complexity index is 1540. The van der Waals surface area contributed by atoms with Gasteiger partial charge in [0.15, 0.2) is 5.65 Å². The minimum Gasteiger partial charge on any atom is -0.465 e. The maximum Gasteiger partial charge on any atom is 0.407 e. The predicted octanol–water partition coefficient (Wildman–Crippen LogP) is 1.18. The van der Waals surface area contributed by atoms with Gasteiger partial charge in [0.2, 0.25) is 11.5 Å². The minimum absolute atomic E-state index is 0.0362. The molecule has 4 heterocycles. The molecule has 0 aliphatic carbocycles. The lowest BCUT2D eigenvalue weighted by molar-refractivity contribution is -0.0311. The molecule has 1 atom stereocenters. The van der Waals surface area contributed by atoms with Gasteiger partial charge in [-0.05, 0) is 13.0 Å². The third-order valence-electron chi connectivity index (χ3n) is 5.97. The van der Waals surface area contributed by atoms with Crippen molar-refractivity contribution >= 4 is 17.7 Å². The van der Waals surface area contributed by atoms with Crippen molar-refractivity contribution in [2.45, 2.75) is 19.6 Å². The predicted molar refractivity (Wildman–Crippen MR) is 127 cm³/mol. The molecule has 1 aliphatic heterocycles. The minimum atomic E-state index is -1.04. The van der Waals surface area contributed by atoms with Crippen molar-refractivity contribution in [1.82, 2.24) is 29.0 Å². The Morgan fingerprint density at radius 1 is 1.23 bits per heavy atom. The molecule has 5 rings (SSSR count). The molecule has 180 valence electrons. The van der Waals surface area contributed by atoms with Crippen molar-refractivity contribution < 1.29 is 14.6 Å². The van der Waals surface area contributed by atoms with E-state index in [1.54, 1.807) is 13.0 Å². The molecule has 0 spiro atoms. The summed E-state index contributed by atoms with van der Waals surface area (Å²) in [5.41, 5.74) is 8.75. The molecule has 3 aromatic heterocycles. The summed E-state index contributed by atoms with van der Waals surface area (Å²) in [6.07, 6.45) is -1.60. The highest BCUT2D eigenvalue weighted by Gasteiger charge is 2.27. The Balaban J connectivity index is 1.71. The molecular weight excluding hydrogens is 454 g/mol. The summed E-state index contributed by atoms with van der Waals surface area (Å²) < 4.78 is 8.11. The van der Waals surface area contributed by atoms with Gasteiger partial charge in [0.25, 0.3) is 0 Å². The number of pyridine rings is 1. The highest BCUT2D eigenvalue weighted by molar-refractivity contribution is 5.91. The van der Waals surface area contributed by atoms with Crippen molar-refractivity contribution in [3.63, 3.8) is 0 Å². The van der Waals surface area contributed by atoms with Gasteiger partial charge >= 0.3 is 11.8 Å². The van der Waals surface area contributed by atoms with Crippen molar-refractivity contribution in [2.24, 2.45) is 0 Å². The zero-order chi connectivity index (χ0) is 24.7. The van der Waals surface area contributed by atoms with Gasteiger partial charge in [-0.25, -0.2) is 23.7 Å². The van der Waals surface area contributed by atoms with Crippen LogP contribution in [0.4, 0.5) is 10.7 Å². The van der Waals surface area contributed by atoms with Crippen LogP contribution < -0.4 is 17.0 Å². The number of aromatic amines is 1. The van der Waals surface area contributed by atoms with Gasteiger partial charge in [-0.3, -0.25) is 4.79 Å². The van der Waals surface area contributed by atoms with Crippen LogP contribution in [0.15, 0.2) is 52.1 Å². The Labute approximate surface area is 198 Å². The van der Waals surface area contributed by atoms with Crippen molar-refractivity contribution in [3.8, 4) is 22.4 Å². The topological polar surface area (TPSA) is 161 Å². The lowest BCUT2D eigenvalue weighted by Crippen LogP contribution is -2.47. The number of benzene rings is 1. The van der Waals surface area contributed by atoms with E-state index in [4.69, 9.17) is 10.5 Å². The molecule has 12 nitrogen and oxygen atoms in total. The summed E-state index contributed by atoms with van der Waals surface area (Å²) in [6.45, 7) is 2.39. The highest BCUT2D eigenvalue weighted by atomic mass is 16.5. The molecule has 1 amide bonds. The normalized spacial score (nSPS) is 16.0. The maximum absolute atomic E-state index is 13.3. The number of morpholine rings is 1. The van der Waals surface area contributed by atoms with Crippen LogP contribution in [0.5, 0.6) is 0 Å². The van der Waals surface area contributed by atoms with E-state index < -0.39 is 17.9 Å². The summed E-state index contributed by atoms with van der Waals surface area (Å²) in [5.74, 6) is -0.0438. The lowest BCUT2D eigenvalue weighted by Gasteiger charge is -2.30. The van der Waals surface area contributed by atoms with Gasteiger partial charge in [0.05, 0.1) is 37.1 Å². The molecule has 1 fully saturated rings. The van der Waals surface area contributed by atoms with Gasteiger partial charge in [0.1, 0.15) is 0 Å². The van der Waals surface area contributed by atoms with E-state index in [1.807, 2.05) is 30.3 Å². The van der Waals surface area contributed by atoms with E-state index in [-0.39, 0.29) is 43.4 Å². The average molecular weight is 477 g/mol. The number of aromatic nitrogens is 5. The first-order valence-electron chi connectivity index (χ1n) is 11.0. The summed E-state index contributed by atoms with van der Waals surface area (Å²) in [6, 6.07) is 12.4. The molecule has 4 N–H and O–H groups in total. The summed E-state index contributed by atoms with van der Waals surface area (Å²) in [5, 5.41) is 13.9. The first-order valence-corrected chi connectivity index (χ1v) is 11.0. The number of ether oxygens (including phenoxy) is 1. The van der Waals surface area contributed by atoms with E-state index in [0.29, 0.717) is 22.5 Å². The first-order chi connectivity index (χ1) is 16.8. The second-order valence-corrected chi connectivity index (χ2v) is 8.27. The van der Waals surface area contributed by atoms with Crippen molar-refractivity contribution in [3.05, 3.63) is 69.0 Å². The maximum atomic E-state index is 13.3. The van der Waals surface area contributed by atoms with Crippen LogP contribution in [0.1, 0.15) is 5.69 Å². The average Bonchev–Trinajstić information content (AvgIpc) is 3.16. The van der Waals surface area contributed by atoms with Crippen LogP contribution in [0.25, 0.3) is 28.0 Å². The number of H-pyrrole nitrogens is 1. The number of anilines is 1. The molecular formula is C23H23N7O5. The third-order valence-corrected chi connectivity index (χ3v) is 5.97. The number of nitrogens with one attached hydrogen (secondary N) is 1. The Hall–Kier alpha value is -4.45. The summed E-state index contributed by atoms with van der Waals surface area (Å²) >= 11 is 0. The second kappa shape index (κ2) is 8.72. The monoisotopic (exact) mass is 477 g/mol. The fourth-order valence-electron chi connectivity index (χ4n) is 4.32. The highest BCUT2D eigenvalue weighted by Crippen LogP contribution is 2.35. The van der Waals surface area contributed by atoms with Crippen LogP contribution in [0, 0.1) is 6.92 Å². The molecule has 1 aliphatic rings. The second-order valence-electron chi connectivity index (χ2n) is 8.27. The molecule has 4 aromatic rings. The summed E-state index contributed by atoms with van der Waals surface area (Å²) in [4.78, 5) is 45.1. The quantitative estimate of drug-likeness (QED) is 0.395. The smallest absolute Gasteiger partial charge is 0.407 e. The number of carboxylic acid groups (broad SMARTS) is 1. The van der Waals surface area contributed by atoms with Gasteiger partial charge < -0.3 is 25.5 Å². The lowest BCUT2D eigenvalue weighted by atomic mass is 9.99. The molecule has 35 heavy (non-hydrogen) atoms. The summed E-state index contributed by atoms with van der Waals surface area (Å²) in [7, 11) is 0. The Morgan fingerprint density at radius 3 is 2.71 bits per heavy atom.